The highest BCUT2D eigenvalue weighted by atomic mass is 15.4. The van der Waals surface area contributed by atoms with Crippen molar-refractivity contribution >= 4 is 60.2 Å². The zero-order valence-electron chi connectivity index (χ0n) is 26.8. The Morgan fingerprint density at radius 1 is 0.420 bits per heavy atom. The van der Waals surface area contributed by atoms with Crippen LogP contribution >= 0.6 is 0 Å². The van der Waals surface area contributed by atoms with Gasteiger partial charge in [-0.1, -0.05) is 91.0 Å². The number of para-hydroxylation sites is 3. The van der Waals surface area contributed by atoms with Gasteiger partial charge in [0.25, 0.3) is 5.95 Å². The summed E-state index contributed by atoms with van der Waals surface area (Å²) >= 11 is 0. The number of rotatable bonds is 4. The van der Waals surface area contributed by atoms with Gasteiger partial charge in [0.1, 0.15) is 0 Å². The summed E-state index contributed by atoms with van der Waals surface area (Å²) in [5, 5.41) is 11.0. The summed E-state index contributed by atoms with van der Waals surface area (Å²) in [6, 6.07) is 55.9. The van der Waals surface area contributed by atoms with E-state index in [4.69, 9.17) is 10.1 Å². The highest BCUT2D eigenvalue weighted by Gasteiger charge is 2.20. The molecule has 6 aromatic carbocycles. The fourth-order valence-corrected chi connectivity index (χ4v) is 7.91. The van der Waals surface area contributed by atoms with Crippen molar-refractivity contribution in [3.8, 4) is 28.5 Å². The highest BCUT2D eigenvalue weighted by molar-refractivity contribution is 6.19. The van der Waals surface area contributed by atoms with Crippen LogP contribution in [-0.4, -0.2) is 28.3 Å². The summed E-state index contributed by atoms with van der Waals surface area (Å²) < 4.78 is 8.79. The normalized spacial score (nSPS) is 12.0. The second-order valence-corrected chi connectivity index (χ2v) is 12.8. The van der Waals surface area contributed by atoms with Crippen molar-refractivity contribution in [1.29, 1.82) is 0 Å². The molecule has 0 saturated heterocycles. The lowest BCUT2D eigenvalue weighted by Gasteiger charge is -2.10. The van der Waals surface area contributed by atoms with Crippen molar-refractivity contribution in [2.45, 2.75) is 0 Å². The summed E-state index contributed by atoms with van der Waals surface area (Å²) in [7, 11) is 0. The number of pyridine rings is 1. The maximum atomic E-state index is 5.15. The van der Waals surface area contributed by atoms with Crippen LogP contribution in [0.15, 0.2) is 170 Å². The van der Waals surface area contributed by atoms with Crippen molar-refractivity contribution in [2.75, 3.05) is 0 Å². The Hall–Kier alpha value is -6.92. The van der Waals surface area contributed by atoms with Gasteiger partial charge in [-0.25, -0.2) is 4.52 Å². The van der Waals surface area contributed by atoms with Crippen LogP contribution in [0.2, 0.25) is 0 Å². The molecule has 11 aromatic rings. The zero-order chi connectivity index (χ0) is 32.8. The third-order valence-electron chi connectivity index (χ3n) is 10.1. The van der Waals surface area contributed by atoms with Crippen molar-refractivity contribution in [1.82, 2.24) is 28.3 Å². The molecule has 0 N–H and O–H groups in total. The van der Waals surface area contributed by atoms with Gasteiger partial charge in [-0.15, -0.1) is 5.10 Å². The van der Waals surface area contributed by atoms with E-state index < -0.39 is 0 Å². The first-order chi connectivity index (χ1) is 24.8. The lowest BCUT2D eigenvalue weighted by atomic mass is 10.1. The second-order valence-electron chi connectivity index (χ2n) is 12.8. The molecule has 0 bridgehead atoms. The molecule has 5 aromatic heterocycles. The van der Waals surface area contributed by atoms with E-state index in [0.29, 0.717) is 5.95 Å². The van der Waals surface area contributed by atoms with Crippen molar-refractivity contribution in [2.24, 2.45) is 0 Å². The predicted molar refractivity (Wildman–Crippen MR) is 204 cm³/mol. The first-order valence-corrected chi connectivity index (χ1v) is 16.9. The molecule has 6 heteroatoms. The van der Waals surface area contributed by atoms with Gasteiger partial charge in [0.15, 0.2) is 5.65 Å². The Labute approximate surface area is 286 Å². The van der Waals surface area contributed by atoms with E-state index in [-0.39, 0.29) is 0 Å². The molecular weight excluding hydrogens is 613 g/mol. The maximum absolute atomic E-state index is 5.15. The lowest BCUT2D eigenvalue weighted by Crippen LogP contribution is -1.98. The maximum Gasteiger partial charge on any atom is 0.254 e. The Balaban J connectivity index is 1.16. The molecule has 11 rings (SSSR count). The van der Waals surface area contributed by atoms with Crippen LogP contribution in [0.5, 0.6) is 0 Å². The number of hydrogen-bond donors (Lipinski definition) is 0. The minimum atomic E-state index is 0.646. The first-order valence-electron chi connectivity index (χ1n) is 16.9. The van der Waals surface area contributed by atoms with Crippen LogP contribution in [-0.2, 0) is 0 Å². The molecule has 50 heavy (non-hydrogen) atoms. The Morgan fingerprint density at radius 2 is 1.10 bits per heavy atom. The van der Waals surface area contributed by atoms with Gasteiger partial charge >= 0.3 is 0 Å². The molecule has 0 spiro atoms. The molecule has 0 fully saturated rings. The molecule has 0 saturated carbocycles. The van der Waals surface area contributed by atoms with Crippen LogP contribution in [0, 0.1) is 0 Å². The number of aromatic nitrogens is 6. The molecule has 5 heterocycles. The second kappa shape index (κ2) is 10.3. The molecule has 0 aliphatic carbocycles. The Kier molecular flexibility index (Phi) is 5.57. The average Bonchev–Trinajstić information content (AvgIpc) is 3.95. The summed E-state index contributed by atoms with van der Waals surface area (Å²) in [5.74, 6) is 0.646. The van der Waals surface area contributed by atoms with Crippen molar-refractivity contribution in [3.05, 3.63) is 170 Å². The van der Waals surface area contributed by atoms with Gasteiger partial charge < -0.3 is 9.13 Å². The SMILES string of the molecule is c1ccc(-c2cccn3nc(-n4c5ccccc5c5cc(-n6c7ccccc7c7ccc8c(ccn8-c8ccccc8)c76)ccc54)nc23)cc1. The van der Waals surface area contributed by atoms with Crippen LogP contribution < -0.4 is 0 Å². The van der Waals surface area contributed by atoms with E-state index in [0.717, 1.165) is 50.0 Å². The molecular formula is C44H28N6. The predicted octanol–water partition coefficient (Wildman–Crippen LogP) is 10.5. The van der Waals surface area contributed by atoms with Gasteiger partial charge in [0, 0.05) is 56.3 Å². The van der Waals surface area contributed by atoms with Gasteiger partial charge in [0.2, 0.25) is 0 Å². The number of benzene rings is 6. The zero-order valence-corrected chi connectivity index (χ0v) is 26.8. The topological polar surface area (TPSA) is 45.0 Å². The number of fused-ring (bicyclic) bond motifs is 9. The highest BCUT2D eigenvalue weighted by Crippen LogP contribution is 2.40. The molecule has 0 atom stereocenters. The summed E-state index contributed by atoms with van der Waals surface area (Å²) in [5.41, 5.74) is 11.0. The van der Waals surface area contributed by atoms with Crippen molar-refractivity contribution < 1.29 is 0 Å². The van der Waals surface area contributed by atoms with Crippen LogP contribution in [0.25, 0.3) is 88.6 Å². The summed E-state index contributed by atoms with van der Waals surface area (Å²) in [4.78, 5) is 5.15. The number of hydrogen-bond acceptors (Lipinski definition) is 2. The quantitative estimate of drug-likeness (QED) is 0.192. The molecule has 6 nitrogen and oxygen atoms in total. The molecule has 0 unspecified atom stereocenters. The largest absolute Gasteiger partial charge is 0.316 e. The standard InChI is InChI=1S/C44H28N6/c1-3-12-29(13-4-1)32-18-11-26-48-43(32)45-44(46-48)50-40-20-10-8-17-34(40)37-28-31(21-23-41(37)50)49-39-19-9-7-16-33(39)35-22-24-38-36(42(35)49)25-27-47(38)30-14-5-2-6-15-30/h1-28H. The Bertz CT molecular complexity index is 3090. The third kappa shape index (κ3) is 3.78. The summed E-state index contributed by atoms with van der Waals surface area (Å²) in [6.07, 6.45) is 4.15. The first kappa shape index (κ1) is 27.1. The van der Waals surface area contributed by atoms with Crippen LogP contribution in [0.3, 0.4) is 0 Å². The van der Waals surface area contributed by atoms with E-state index in [2.05, 4.69) is 165 Å². The Morgan fingerprint density at radius 3 is 1.92 bits per heavy atom. The van der Waals surface area contributed by atoms with Crippen molar-refractivity contribution in [3.63, 3.8) is 0 Å². The fraction of sp³-hybridized carbons (Fsp3) is 0. The van der Waals surface area contributed by atoms with Gasteiger partial charge in [-0.3, -0.25) is 4.57 Å². The van der Waals surface area contributed by atoms with Gasteiger partial charge in [-0.2, -0.15) is 4.98 Å². The minimum Gasteiger partial charge on any atom is -0.316 e. The van der Waals surface area contributed by atoms with Gasteiger partial charge in [-0.05, 0) is 72.3 Å². The monoisotopic (exact) mass is 640 g/mol. The van der Waals surface area contributed by atoms with E-state index in [1.165, 1.54) is 32.7 Å². The lowest BCUT2D eigenvalue weighted by molar-refractivity contribution is 0.916. The van der Waals surface area contributed by atoms with E-state index in [1.54, 1.807) is 0 Å². The molecule has 0 amide bonds. The smallest absolute Gasteiger partial charge is 0.254 e. The van der Waals surface area contributed by atoms with E-state index >= 15 is 0 Å². The van der Waals surface area contributed by atoms with Crippen LogP contribution in [0.1, 0.15) is 0 Å². The van der Waals surface area contributed by atoms with Gasteiger partial charge in [0.05, 0.1) is 27.6 Å². The minimum absolute atomic E-state index is 0.646. The molecule has 0 aliphatic heterocycles. The molecule has 0 radical (unpaired) electrons. The fourth-order valence-electron chi connectivity index (χ4n) is 7.91. The summed E-state index contributed by atoms with van der Waals surface area (Å²) in [6.45, 7) is 0. The molecule has 0 aliphatic rings. The third-order valence-corrected chi connectivity index (χ3v) is 10.1. The van der Waals surface area contributed by atoms with E-state index in [1.807, 2.05) is 22.8 Å². The van der Waals surface area contributed by atoms with Crippen LogP contribution in [0.4, 0.5) is 0 Å². The average molecular weight is 641 g/mol. The molecule has 234 valence electrons. The number of nitrogens with zero attached hydrogens (tertiary/aromatic N) is 6. The van der Waals surface area contributed by atoms with E-state index in [9.17, 15) is 0 Å².